The van der Waals surface area contributed by atoms with Gasteiger partial charge in [0.15, 0.2) is 15.0 Å². The second kappa shape index (κ2) is 9.68. The molecule has 0 bridgehead atoms. The predicted molar refractivity (Wildman–Crippen MR) is 129 cm³/mol. The van der Waals surface area contributed by atoms with Crippen LogP contribution < -0.4 is 9.64 Å². The number of ether oxygens (including phenoxy) is 1. The molecule has 4 aromatic rings. The van der Waals surface area contributed by atoms with Gasteiger partial charge in [-0.25, -0.2) is 13.4 Å². The molecule has 170 valence electrons. The Kier molecular flexibility index (Phi) is 6.71. The van der Waals surface area contributed by atoms with Crippen molar-refractivity contribution in [3.8, 4) is 5.75 Å². The lowest BCUT2D eigenvalue weighted by atomic mass is 10.1. The Morgan fingerprint density at radius 2 is 1.88 bits per heavy atom. The third-order valence-electron chi connectivity index (χ3n) is 5.18. The van der Waals surface area contributed by atoms with Gasteiger partial charge in [-0.05, 0) is 42.0 Å². The van der Waals surface area contributed by atoms with E-state index in [9.17, 15) is 13.2 Å². The van der Waals surface area contributed by atoms with E-state index in [-0.39, 0.29) is 29.5 Å². The first kappa shape index (κ1) is 22.9. The number of fused-ring (bicyclic) bond motifs is 1. The molecule has 0 radical (unpaired) electrons. The van der Waals surface area contributed by atoms with Crippen molar-refractivity contribution < 1.29 is 17.9 Å². The van der Waals surface area contributed by atoms with Crippen molar-refractivity contribution in [2.45, 2.75) is 24.8 Å². The largest absolute Gasteiger partial charge is 0.497 e. The molecule has 4 rings (SSSR count). The zero-order valence-electron chi connectivity index (χ0n) is 18.3. The molecule has 7 nitrogen and oxygen atoms in total. The highest BCUT2D eigenvalue weighted by Crippen LogP contribution is 2.32. The van der Waals surface area contributed by atoms with Gasteiger partial charge in [-0.1, -0.05) is 36.5 Å². The van der Waals surface area contributed by atoms with Gasteiger partial charge in [0.1, 0.15) is 5.75 Å². The summed E-state index contributed by atoms with van der Waals surface area (Å²) in [5, 5.41) is 0.569. The fourth-order valence-corrected chi connectivity index (χ4v) is 5.15. The van der Waals surface area contributed by atoms with E-state index < -0.39 is 9.84 Å². The van der Waals surface area contributed by atoms with Crippen LogP contribution in [0.5, 0.6) is 5.75 Å². The lowest BCUT2D eigenvalue weighted by Crippen LogP contribution is -2.32. The Balaban J connectivity index is 1.64. The summed E-state index contributed by atoms with van der Waals surface area (Å²) in [5.74, 6) is 0.577. The van der Waals surface area contributed by atoms with Crippen LogP contribution >= 0.6 is 11.3 Å². The number of aromatic nitrogens is 2. The van der Waals surface area contributed by atoms with Crippen molar-refractivity contribution >= 4 is 42.4 Å². The van der Waals surface area contributed by atoms with Crippen molar-refractivity contribution in [2.24, 2.45) is 0 Å². The van der Waals surface area contributed by atoms with Gasteiger partial charge in [0.25, 0.3) is 0 Å². The minimum atomic E-state index is -3.29. The van der Waals surface area contributed by atoms with Crippen LogP contribution in [0.2, 0.25) is 0 Å². The van der Waals surface area contributed by atoms with Crippen LogP contribution in [0.3, 0.4) is 0 Å². The smallest absolute Gasteiger partial charge is 0.233 e. The second-order valence-corrected chi connectivity index (χ2v) is 10.6. The maximum Gasteiger partial charge on any atom is 0.233 e. The number of nitrogens with zero attached hydrogens (tertiary/aromatic N) is 3. The number of carbonyl (C=O) groups is 1. The van der Waals surface area contributed by atoms with E-state index in [0.29, 0.717) is 10.9 Å². The van der Waals surface area contributed by atoms with Gasteiger partial charge in [0, 0.05) is 12.3 Å². The van der Waals surface area contributed by atoms with Crippen LogP contribution in [0.25, 0.3) is 10.2 Å². The van der Waals surface area contributed by atoms with Crippen molar-refractivity contribution in [1.29, 1.82) is 0 Å². The fraction of sp³-hybridized carbons (Fsp3) is 0.208. The van der Waals surface area contributed by atoms with E-state index in [2.05, 4.69) is 9.97 Å². The highest BCUT2D eigenvalue weighted by molar-refractivity contribution is 7.91. The number of benzene rings is 2. The maximum atomic E-state index is 13.4. The Hall–Kier alpha value is -3.30. The van der Waals surface area contributed by atoms with E-state index in [4.69, 9.17) is 4.74 Å². The van der Waals surface area contributed by atoms with Crippen LogP contribution in [0.4, 0.5) is 5.13 Å². The average molecular weight is 482 g/mol. The number of carbonyl (C=O) groups excluding carboxylic acids is 1. The summed E-state index contributed by atoms with van der Waals surface area (Å²) in [6.07, 6.45) is 1.80. The van der Waals surface area contributed by atoms with E-state index in [0.717, 1.165) is 21.5 Å². The fourth-order valence-electron chi connectivity index (χ4n) is 3.30. The molecule has 2 aromatic carbocycles. The van der Waals surface area contributed by atoms with Crippen molar-refractivity contribution in [1.82, 2.24) is 9.97 Å². The molecule has 33 heavy (non-hydrogen) atoms. The van der Waals surface area contributed by atoms with Crippen LogP contribution in [-0.4, -0.2) is 37.2 Å². The van der Waals surface area contributed by atoms with E-state index >= 15 is 0 Å². The van der Waals surface area contributed by atoms with Gasteiger partial charge in [0.2, 0.25) is 5.91 Å². The molecule has 0 aliphatic carbocycles. The van der Waals surface area contributed by atoms with Gasteiger partial charge in [0.05, 0.1) is 46.6 Å². The molecular weight excluding hydrogens is 458 g/mol. The zero-order valence-corrected chi connectivity index (χ0v) is 19.9. The molecule has 0 aliphatic rings. The van der Waals surface area contributed by atoms with Crippen molar-refractivity contribution in [2.75, 3.05) is 17.8 Å². The minimum absolute atomic E-state index is 0.0333. The highest BCUT2D eigenvalue weighted by Gasteiger charge is 2.22. The second-order valence-electron chi connectivity index (χ2n) is 7.36. The molecule has 2 aromatic heterocycles. The average Bonchev–Trinajstić information content (AvgIpc) is 3.26. The number of hydrogen-bond acceptors (Lipinski definition) is 7. The molecule has 0 atom stereocenters. The van der Waals surface area contributed by atoms with E-state index in [1.165, 1.54) is 11.3 Å². The quantitative estimate of drug-likeness (QED) is 0.373. The highest BCUT2D eigenvalue weighted by atomic mass is 32.2. The first-order valence-corrected chi connectivity index (χ1v) is 12.8. The summed E-state index contributed by atoms with van der Waals surface area (Å²) in [6.45, 7) is 1.88. The Labute approximate surface area is 196 Å². The minimum Gasteiger partial charge on any atom is -0.497 e. The number of pyridine rings is 1. The number of rotatable bonds is 8. The molecule has 1 amide bonds. The first-order valence-electron chi connectivity index (χ1n) is 10.4. The maximum absolute atomic E-state index is 13.4. The van der Waals surface area contributed by atoms with Gasteiger partial charge in [-0.15, -0.1) is 0 Å². The summed E-state index contributed by atoms with van der Waals surface area (Å²) in [4.78, 5) is 24.3. The topological polar surface area (TPSA) is 89.5 Å². The molecule has 0 aliphatic heterocycles. The number of sulfone groups is 1. The number of anilines is 1. The summed E-state index contributed by atoms with van der Waals surface area (Å²) in [7, 11) is -1.69. The summed E-state index contributed by atoms with van der Waals surface area (Å²) >= 11 is 1.42. The summed E-state index contributed by atoms with van der Waals surface area (Å²) in [6, 6.07) is 17.7. The molecule has 0 spiro atoms. The third-order valence-corrected chi connectivity index (χ3v) is 7.99. The molecular formula is C24H23N3O4S2. The number of methoxy groups -OCH3 is 1. The van der Waals surface area contributed by atoms with Gasteiger partial charge >= 0.3 is 0 Å². The van der Waals surface area contributed by atoms with Crippen LogP contribution in [0.15, 0.2) is 71.8 Å². The zero-order chi connectivity index (χ0) is 23.4. The lowest BCUT2D eigenvalue weighted by Gasteiger charge is -2.19. The molecule has 9 heteroatoms. The monoisotopic (exact) mass is 481 g/mol. The number of amides is 1. The van der Waals surface area contributed by atoms with E-state index in [1.807, 2.05) is 36.4 Å². The summed E-state index contributed by atoms with van der Waals surface area (Å²) in [5.41, 5.74) is 2.22. The normalized spacial score (nSPS) is 11.5. The first-order chi connectivity index (χ1) is 15.9. The van der Waals surface area contributed by atoms with Crippen molar-refractivity contribution in [3.63, 3.8) is 0 Å². The number of hydrogen-bond donors (Lipinski definition) is 0. The number of thiazole rings is 1. The van der Waals surface area contributed by atoms with Crippen molar-refractivity contribution in [3.05, 3.63) is 78.1 Å². The Bertz CT molecular complexity index is 1370. The van der Waals surface area contributed by atoms with Crippen LogP contribution in [0.1, 0.15) is 18.2 Å². The predicted octanol–water partition coefficient (Wildman–Crippen LogP) is 4.27. The Morgan fingerprint density at radius 3 is 2.55 bits per heavy atom. The standard InChI is InChI=1S/C24H23N3O4S2/c1-3-33(29,30)20-10-7-17(8-11-20)14-23(28)27(16-18-6-4-5-13-25-18)24-26-21-15-19(31-2)9-12-22(21)32-24/h4-13,15H,3,14,16H2,1-2H3. The van der Waals surface area contributed by atoms with Crippen LogP contribution in [-0.2, 0) is 27.6 Å². The summed E-state index contributed by atoms with van der Waals surface area (Å²) < 4.78 is 30.4. The van der Waals surface area contributed by atoms with Gasteiger partial charge < -0.3 is 4.74 Å². The van der Waals surface area contributed by atoms with E-state index in [1.54, 1.807) is 49.4 Å². The third kappa shape index (κ3) is 5.20. The Morgan fingerprint density at radius 1 is 1.09 bits per heavy atom. The van der Waals surface area contributed by atoms with Crippen LogP contribution in [0, 0.1) is 0 Å². The van der Waals surface area contributed by atoms with Gasteiger partial charge in [-0.2, -0.15) is 0 Å². The molecule has 2 heterocycles. The SMILES string of the molecule is CCS(=O)(=O)c1ccc(CC(=O)N(Cc2ccccn2)c2nc3cc(OC)ccc3s2)cc1. The lowest BCUT2D eigenvalue weighted by molar-refractivity contribution is -0.118. The molecule has 0 saturated carbocycles. The molecule has 0 unspecified atom stereocenters. The van der Waals surface area contributed by atoms with Gasteiger partial charge in [-0.3, -0.25) is 14.7 Å². The molecule has 0 saturated heterocycles. The molecule has 0 N–H and O–H groups in total. The molecule has 0 fully saturated rings.